The van der Waals surface area contributed by atoms with Crippen molar-refractivity contribution < 1.29 is 31.4 Å². The van der Waals surface area contributed by atoms with Crippen molar-refractivity contribution >= 4 is 17.0 Å². The monoisotopic (exact) mass is 222 g/mol. The molecule has 0 aromatic rings. The topological polar surface area (TPSA) is 63.0 Å². The quantitative estimate of drug-likeness (QED) is 0.469. The molecule has 4 heavy (non-hydrogen) atoms. The zero-order valence-corrected chi connectivity index (χ0v) is 4.99. The first kappa shape index (κ1) is 74.0. The number of hydrogen-bond acceptors (Lipinski definition) is 0. The van der Waals surface area contributed by atoms with Crippen LogP contribution in [0.3, 0.4) is 0 Å². The van der Waals surface area contributed by atoms with E-state index in [1.807, 2.05) is 0 Å². The Labute approximate surface area is 48.6 Å². The molecular weight excluding hydrogens is 218 g/mol. The van der Waals surface area contributed by atoms with Crippen molar-refractivity contribution in [3.63, 3.8) is 0 Å². The van der Waals surface area contributed by atoms with Crippen LogP contribution in [0.2, 0.25) is 0 Å². The molecule has 0 bridgehead atoms. The summed E-state index contributed by atoms with van der Waals surface area (Å²) in [6, 6.07) is 0. The molecule has 0 aromatic heterocycles. The van der Waals surface area contributed by atoms with E-state index in [9.17, 15) is 0 Å². The normalized spacial score (nSPS) is 0. The smallest absolute Gasteiger partial charge is 0 e. The van der Waals surface area contributed by atoms with E-state index >= 15 is 0 Å². The molecule has 0 unspecified atom stereocenters. The van der Waals surface area contributed by atoms with E-state index in [-0.39, 0.29) is 48.4 Å². The zero-order chi connectivity index (χ0) is 0. The van der Waals surface area contributed by atoms with Gasteiger partial charge in [0.1, 0.15) is 0 Å². The third-order valence-corrected chi connectivity index (χ3v) is 0. The molecule has 4 heteroatoms. The van der Waals surface area contributed by atoms with E-state index in [0.717, 1.165) is 0 Å². The molecule has 0 saturated carbocycles. The third-order valence-electron chi connectivity index (χ3n) is 0. The van der Waals surface area contributed by atoms with Gasteiger partial charge in [-0.1, -0.05) is 0 Å². The molecule has 0 aliphatic carbocycles. The Morgan fingerprint density at radius 3 is 0.750 bits per heavy atom. The van der Waals surface area contributed by atoms with Gasteiger partial charge >= 0.3 is 0 Å². The van der Waals surface area contributed by atoms with Crippen LogP contribution in [0, 0.1) is 0 Å². The summed E-state index contributed by atoms with van der Waals surface area (Å²) >= 11 is 0. The molecule has 2 nitrogen and oxygen atoms in total. The van der Waals surface area contributed by atoms with E-state index in [4.69, 9.17) is 0 Å². The first-order valence-electron chi connectivity index (χ1n) is 0. The minimum atomic E-state index is 0. The van der Waals surface area contributed by atoms with Gasteiger partial charge in [0.25, 0.3) is 0 Å². The van der Waals surface area contributed by atoms with Gasteiger partial charge in [-0.2, -0.15) is 0 Å². The van der Waals surface area contributed by atoms with Crippen molar-refractivity contribution in [2.24, 2.45) is 0 Å². The van der Waals surface area contributed by atoms with Crippen LogP contribution < -0.4 is 0 Å². The molecule has 0 amide bonds. The standard InChI is InChI=1S/BrH.2H2O.Pd/h1H;2*1H2;. The van der Waals surface area contributed by atoms with Gasteiger partial charge in [0.05, 0.1) is 0 Å². The maximum atomic E-state index is 0. The second-order valence-electron chi connectivity index (χ2n) is 0. The molecule has 0 aliphatic heterocycles. The van der Waals surface area contributed by atoms with Crippen molar-refractivity contribution in [2.45, 2.75) is 0 Å². The Morgan fingerprint density at radius 1 is 0.750 bits per heavy atom. The van der Waals surface area contributed by atoms with Crippen molar-refractivity contribution in [3.8, 4) is 0 Å². The van der Waals surface area contributed by atoms with Crippen LogP contribution in [0.5, 0.6) is 0 Å². The molecule has 0 rings (SSSR count). The summed E-state index contributed by atoms with van der Waals surface area (Å²) in [5, 5.41) is 0. The third kappa shape index (κ3) is 11.5. The average Bonchev–Trinajstić information content (AvgIpc) is 0. The summed E-state index contributed by atoms with van der Waals surface area (Å²) in [4.78, 5) is 0. The Balaban J connectivity index is 0. The summed E-state index contributed by atoms with van der Waals surface area (Å²) in [6.07, 6.45) is 0. The molecule has 0 atom stereocenters. The minimum Gasteiger partial charge on any atom is -0.412 e. The van der Waals surface area contributed by atoms with Crippen LogP contribution in [0.4, 0.5) is 0 Å². The molecule has 0 aromatic carbocycles. The zero-order valence-electron chi connectivity index (χ0n) is 1.72. The first-order chi connectivity index (χ1) is 0. The molecule has 0 saturated heterocycles. The summed E-state index contributed by atoms with van der Waals surface area (Å²) in [6.45, 7) is 0. The van der Waals surface area contributed by atoms with Gasteiger partial charge in [-0.15, -0.1) is 17.0 Å². The Kier molecular flexibility index (Phi) is 625. The molecule has 4 N–H and O–H groups in total. The predicted molar refractivity (Wildman–Crippen MR) is 17.5 cm³/mol. The molecule has 0 fully saturated rings. The van der Waals surface area contributed by atoms with E-state index in [1.54, 1.807) is 0 Å². The van der Waals surface area contributed by atoms with Crippen molar-refractivity contribution in [2.75, 3.05) is 0 Å². The fourth-order valence-corrected chi connectivity index (χ4v) is 0. The van der Waals surface area contributed by atoms with Crippen LogP contribution in [-0.4, -0.2) is 11.0 Å². The maximum absolute atomic E-state index is 0. The van der Waals surface area contributed by atoms with Crippen LogP contribution in [0.15, 0.2) is 0 Å². The van der Waals surface area contributed by atoms with Crippen molar-refractivity contribution in [1.29, 1.82) is 0 Å². The molecule has 34 valence electrons. The van der Waals surface area contributed by atoms with Gasteiger partial charge in [0.2, 0.25) is 0 Å². The van der Waals surface area contributed by atoms with Crippen LogP contribution >= 0.6 is 17.0 Å². The van der Waals surface area contributed by atoms with Gasteiger partial charge < -0.3 is 11.0 Å². The average molecular weight is 223 g/mol. The van der Waals surface area contributed by atoms with E-state index in [2.05, 4.69) is 0 Å². The fourth-order valence-electron chi connectivity index (χ4n) is 0. The van der Waals surface area contributed by atoms with Gasteiger partial charge in [-0.25, -0.2) is 0 Å². The van der Waals surface area contributed by atoms with Gasteiger partial charge in [-0.3, -0.25) is 0 Å². The second kappa shape index (κ2) is 33.8. The second-order valence-corrected chi connectivity index (χ2v) is 0. The summed E-state index contributed by atoms with van der Waals surface area (Å²) in [7, 11) is 0. The van der Waals surface area contributed by atoms with Gasteiger partial charge in [-0.05, 0) is 0 Å². The van der Waals surface area contributed by atoms with Crippen LogP contribution in [0.25, 0.3) is 0 Å². The van der Waals surface area contributed by atoms with Gasteiger partial charge in [0.15, 0.2) is 0 Å². The van der Waals surface area contributed by atoms with E-state index in [1.165, 1.54) is 0 Å². The molecule has 0 spiro atoms. The molecular formula is H5BrO2Pd. The van der Waals surface area contributed by atoms with Crippen molar-refractivity contribution in [3.05, 3.63) is 0 Å². The number of hydrogen-bond donors (Lipinski definition) is 0. The van der Waals surface area contributed by atoms with Crippen LogP contribution in [-0.2, 0) is 20.4 Å². The summed E-state index contributed by atoms with van der Waals surface area (Å²) < 4.78 is 0. The maximum Gasteiger partial charge on any atom is 0 e. The molecule has 0 radical (unpaired) electrons. The summed E-state index contributed by atoms with van der Waals surface area (Å²) in [5.41, 5.74) is 0. The molecule has 0 aliphatic rings. The Hall–Kier alpha value is 1.06. The summed E-state index contributed by atoms with van der Waals surface area (Å²) in [5.74, 6) is 0. The largest absolute Gasteiger partial charge is 0.412 e. The van der Waals surface area contributed by atoms with Gasteiger partial charge in [0, 0.05) is 20.4 Å². The predicted octanol–water partition coefficient (Wildman–Crippen LogP) is -1.07. The first-order valence-corrected chi connectivity index (χ1v) is 0. The molecule has 0 heterocycles. The van der Waals surface area contributed by atoms with Crippen LogP contribution in [0.1, 0.15) is 0 Å². The minimum absolute atomic E-state index is 0. The SMILES string of the molecule is Br.O.O.[Pd]. The van der Waals surface area contributed by atoms with Crippen molar-refractivity contribution in [1.82, 2.24) is 0 Å². The van der Waals surface area contributed by atoms with E-state index < -0.39 is 0 Å². The Bertz CT molecular complexity index is 6.00. The Morgan fingerprint density at radius 2 is 0.750 bits per heavy atom. The fraction of sp³-hybridized carbons (Fsp3) is 0. The van der Waals surface area contributed by atoms with E-state index in [0.29, 0.717) is 0 Å². The number of halogens is 1. The number of rotatable bonds is 0.